The number of carbonyl (C=O) groups excluding carboxylic acids is 1. The van der Waals surface area contributed by atoms with Crippen LogP contribution < -0.4 is 0 Å². The summed E-state index contributed by atoms with van der Waals surface area (Å²) in [4.78, 5) is 27.0. The first-order valence-corrected chi connectivity index (χ1v) is 7.21. The zero-order valence-corrected chi connectivity index (χ0v) is 13.1. The molecule has 3 N–H and O–H groups in total. The van der Waals surface area contributed by atoms with Crippen molar-refractivity contribution >= 4 is 13.6 Å². The van der Waals surface area contributed by atoms with E-state index in [9.17, 15) is 14.5 Å². The second-order valence-corrected chi connectivity index (χ2v) is 6.28. The normalized spacial score (nSPS) is 13.3. The SMILES string of the molecule is C=C(C)C(=O)C(O)C[N+](C)(C)C.CCOP(=O)(O)O. The fourth-order valence-corrected chi connectivity index (χ4v) is 1.39. The molecule has 0 aromatic heterocycles. The number of carbonyl (C=O) groups is 1. The van der Waals surface area contributed by atoms with Crippen LogP contribution in [0.5, 0.6) is 0 Å². The zero-order chi connectivity index (χ0) is 15.9. The van der Waals surface area contributed by atoms with Crippen LogP contribution in [-0.2, 0) is 13.9 Å². The van der Waals surface area contributed by atoms with Crippen molar-refractivity contribution in [1.29, 1.82) is 0 Å². The third-order valence-electron chi connectivity index (χ3n) is 1.74. The maximum Gasteiger partial charge on any atom is 0.469 e. The van der Waals surface area contributed by atoms with Gasteiger partial charge in [0.2, 0.25) is 0 Å². The van der Waals surface area contributed by atoms with Crippen molar-refractivity contribution in [3.05, 3.63) is 12.2 Å². The minimum absolute atomic E-state index is 0.0459. The number of rotatable bonds is 6. The Balaban J connectivity index is 0. The molecule has 114 valence electrons. The van der Waals surface area contributed by atoms with Crippen molar-refractivity contribution in [3.8, 4) is 0 Å². The van der Waals surface area contributed by atoms with Gasteiger partial charge in [0.25, 0.3) is 0 Å². The molecule has 0 saturated carbocycles. The molecule has 8 heteroatoms. The lowest BCUT2D eigenvalue weighted by molar-refractivity contribution is -0.872. The second-order valence-electron chi connectivity index (χ2n) is 5.04. The molecule has 0 aliphatic rings. The quantitative estimate of drug-likeness (QED) is 0.370. The molecule has 0 aromatic rings. The number of aliphatic hydroxyl groups is 1. The van der Waals surface area contributed by atoms with Gasteiger partial charge in [0.1, 0.15) is 6.54 Å². The largest absolute Gasteiger partial charge is 0.469 e. The molecule has 0 amide bonds. The van der Waals surface area contributed by atoms with Crippen molar-refractivity contribution in [2.24, 2.45) is 0 Å². The Morgan fingerprint density at radius 3 is 1.95 bits per heavy atom. The number of likely N-dealkylation sites (N-methyl/N-ethyl adjacent to an activating group) is 1. The molecule has 0 aromatic carbocycles. The summed E-state index contributed by atoms with van der Waals surface area (Å²) in [5.41, 5.74) is 0.413. The molecular weight excluding hydrogens is 273 g/mol. The van der Waals surface area contributed by atoms with E-state index in [4.69, 9.17) is 9.79 Å². The zero-order valence-electron chi connectivity index (χ0n) is 12.2. The monoisotopic (exact) mass is 298 g/mol. The Morgan fingerprint density at radius 1 is 1.37 bits per heavy atom. The molecule has 1 atom stereocenters. The molecule has 0 spiro atoms. The van der Waals surface area contributed by atoms with Crippen molar-refractivity contribution in [2.75, 3.05) is 34.3 Å². The lowest BCUT2D eigenvalue weighted by Gasteiger charge is -2.26. The van der Waals surface area contributed by atoms with Crippen molar-refractivity contribution in [1.82, 2.24) is 0 Å². The number of ketones is 1. The van der Waals surface area contributed by atoms with E-state index in [1.165, 1.54) is 6.92 Å². The molecular formula is C11H25NO6P+. The van der Waals surface area contributed by atoms with E-state index in [0.717, 1.165) is 0 Å². The van der Waals surface area contributed by atoms with Crippen molar-refractivity contribution in [3.63, 3.8) is 0 Å². The Morgan fingerprint density at radius 2 is 1.79 bits per heavy atom. The van der Waals surface area contributed by atoms with Gasteiger partial charge in [-0.2, -0.15) is 0 Å². The predicted molar refractivity (Wildman–Crippen MR) is 72.4 cm³/mol. The van der Waals surface area contributed by atoms with Crippen molar-refractivity contribution in [2.45, 2.75) is 20.0 Å². The molecule has 0 heterocycles. The summed E-state index contributed by atoms with van der Waals surface area (Å²) >= 11 is 0. The number of hydrogen-bond donors (Lipinski definition) is 3. The number of phosphoric acid groups is 1. The Kier molecular flexibility index (Phi) is 9.37. The first-order valence-electron chi connectivity index (χ1n) is 5.68. The molecule has 0 aliphatic carbocycles. The number of aliphatic hydroxyl groups excluding tert-OH is 1. The molecule has 0 rings (SSSR count). The fourth-order valence-electron chi connectivity index (χ4n) is 1.05. The summed E-state index contributed by atoms with van der Waals surface area (Å²) in [7, 11) is 1.61. The highest BCUT2D eigenvalue weighted by Crippen LogP contribution is 2.34. The summed E-state index contributed by atoms with van der Waals surface area (Å²) in [5, 5.41) is 9.40. The van der Waals surface area contributed by atoms with Crippen LogP contribution in [0.1, 0.15) is 13.8 Å². The van der Waals surface area contributed by atoms with Crippen molar-refractivity contribution < 1.29 is 33.3 Å². The van der Waals surface area contributed by atoms with Gasteiger partial charge in [0.05, 0.1) is 27.7 Å². The van der Waals surface area contributed by atoms with Crippen LogP contribution in [0.25, 0.3) is 0 Å². The van der Waals surface area contributed by atoms with E-state index in [2.05, 4.69) is 11.1 Å². The van der Waals surface area contributed by atoms with Gasteiger partial charge in [-0.3, -0.25) is 9.32 Å². The molecule has 0 saturated heterocycles. The predicted octanol–water partition coefficient (Wildman–Crippen LogP) is 0.314. The van der Waals surface area contributed by atoms with Gasteiger partial charge in [0.15, 0.2) is 11.9 Å². The number of hydrogen-bond acceptors (Lipinski definition) is 4. The molecule has 7 nitrogen and oxygen atoms in total. The fraction of sp³-hybridized carbons (Fsp3) is 0.727. The minimum atomic E-state index is -4.17. The lowest BCUT2D eigenvalue weighted by Crippen LogP contribution is -2.44. The van der Waals surface area contributed by atoms with Gasteiger partial charge in [-0.05, 0) is 19.4 Å². The average molecular weight is 298 g/mol. The summed E-state index contributed by atoms with van der Waals surface area (Å²) in [5.74, 6) is -0.261. The molecule has 0 aliphatic heterocycles. The number of phosphoric ester groups is 1. The number of quaternary nitrogens is 1. The van der Waals surface area contributed by atoms with Gasteiger partial charge in [0, 0.05) is 0 Å². The van der Waals surface area contributed by atoms with E-state index < -0.39 is 13.9 Å². The van der Waals surface area contributed by atoms with Crippen LogP contribution in [0.15, 0.2) is 12.2 Å². The van der Waals surface area contributed by atoms with E-state index >= 15 is 0 Å². The molecule has 0 bridgehead atoms. The van der Waals surface area contributed by atoms with Crippen LogP contribution in [0.3, 0.4) is 0 Å². The van der Waals surface area contributed by atoms with Gasteiger partial charge < -0.3 is 19.4 Å². The Hall–Kier alpha value is -0.560. The smallest absolute Gasteiger partial charge is 0.379 e. The summed E-state index contributed by atoms with van der Waals surface area (Å²) < 4.78 is 14.2. The highest BCUT2D eigenvalue weighted by atomic mass is 31.2. The highest BCUT2D eigenvalue weighted by Gasteiger charge is 2.22. The maximum atomic E-state index is 11.2. The van der Waals surface area contributed by atoms with E-state index in [-0.39, 0.29) is 12.4 Å². The maximum absolute atomic E-state index is 11.2. The Bertz CT molecular complexity index is 344. The summed E-state index contributed by atoms with van der Waals surface area (Å²) in [6.07, 6.45) is -0.914. The van der Waals surface area contributed by atoms with Crippen LogP contribution in [0, 0.1) is 0 Å². The standard InChI is InChI=1S/C9H18NO2.C2H7O4P/c1-7(2)9(12)8(11)6-10(3,4)5;1-2-6-7(3,4)5/h8,11H,1,6H2,2-5H3;2H2,1H3,(H2,3,4,5)/q+1;. The first kappa shape index (κ1) is 20.8. The topological polar surface area (TPSA) is 104 Å². The van der Waals surface area contributed by atoms with Crippen LogP contribution in [0.4, 0.5) is 0 Å². The van der Waals surface area contributed by atoms with Crippen LogP contribution >= 0.6 is 7.82 Å². The summed E-state index contributed by atoms with van der Waals surface area (Å²) in [6, 6.07) is 0. The number of Topliss-reactive ketones (excluding diaryl/α,β-unsaturated/α-hetero) is 1. The third kappa shape index (κ3) is 15.4. The molecule has 0 radical (unpaired) electrons. The first-order chi connectivity index (χ1) is 8.30. The van der Waals surface area contributed by atoms with E-state index in [1.807, 2.05) is 21.1 Å². The average Bonchev–Trinajstić information content (AvgIpc) is 2.12. The minimum Gasteiger partial charge on any atom is -0.379 e. The van der Waals surface area contributed by atoms with E-state index in [1.54, 1.807) is 6.92 Å². The summed E-state index contributed by atoms with van der Waals surface area (Å²) in [6.45, 7) is 7.08. The van der Waals surface area contributed by atoms with Gasteiger partial charge in [-0.1, -0.05) is 6.58 Å². The lowest BCUT2D eigenvalue weighted by atomic mass is 10.1. The number of nitrogens with zero attached hydrogens (tertiary/aromatic N) is 1. The van der Waals surface area contributed by atoms with Gasteiger partial charge in [-0.25, -0.2) is 4.57 Å². The second kappa shape index (κ2) is 8.58. The third-order valence-corrected chi connectivity index (χ3v) is 2.34. The molecule has 0 fully saturated rings. The van der Waals surface area contributed by atoms with Gasteiger partial charge in [-0.15, -0.1) is 0 Å². The molecule has 19 heavy (non-hydrogen) atoms. The van der Waals surface area contributed by atoms with Crippen LogP contribution in [-0.4, -0.2) is 65.6 Å². The molecule has 1 unspecified atom stereocenters. The van der Waals surface area contributed by atoms with Gasteiger partial charge >= 0.3 is 7.82 Å². The highest BCUT2D eigenvalue weighted by molar-refractivity contribution is 7.46. The van der Waals surface area contributed by atoms with E-state index in [0.29, 0.717) is 16.6 Å². The van der Waals surface area contributed by atoms with Crippen LogP contribution in [0.2, 0.25) is 0 Å². The Labute approximate surface area is 114 Å².